The van der Waals surface area contributed by atoms with Gasteiger partial charge < -0.3 is 5.43 Å². The average Bonchev–Trinajstić information content (AvgIpc) is 2.91. The van der Waals surface area contributed by atoms with Crippen molar-refractivity contribution in [3.05, 3.63) is 29.3 Å². The van der Waals surface area contributed by atoms with Gasteiger partial charge in [-0.25, -0.2) is 20.5 Å². The van der Waals surface area contributed by atoms with Gasteiger partial charge in [0, 0.05) is 11.3 Å². The fourth-order valence-corrected chi connectivity index (χ4v) is 2.27. The Hall–Kier alpha value is -1.95. The Balaban J connectivity index is 2.59. The van der Waals surface area contributed by atoms with E-state index in [2.05, 4.69) is 47.3 Å². The molecule has 2 aromatic rings. The van der Waals surface area contributed by atoms with Crippen LogP contribution in [0.4, 0.5) is 5.82 Å². The van der Waals surface area contributed by atoms with Crippen LogP contribution in [0, 0.1) is 0 Å². The van der Waals surface area contributed by atoms with Crippen LogP contribution in [-0.4, -0.2) is 19.7 Å². The van der Waals surface area contributed by atoms with E-state index in [1.807, 2.05) is 4.68 Å². The van der Waals surface area contributed by atoms with Crippen LogP contribution < -0.4 is 11.3 Å². The quantitative estimate of drug-likeness (QED) is 0.622. The first-order valence-electron chi connectivity index (χ1n) is 7.13. The van der Waals surface area contributed by atoms with E-state index in [9.17, 15) is 0 Å². The van der Waals surface area contributed by atoms with Crippen LogP contribution >= 0.6 is 0 Å². The highest BCUT2D eigenvalue weighted by molar-refractivity contribution is 5.51. The SMILES string of the molecule is CCCc1c(NN)ncnc1-n1nc(CC)cc1CC. The fraction of sp³-hybridized carbons (Fsp3) is 0.500. The molecule has 6 nitrogen and oxygen atoms in total. The summed E-state index contributed by atoms with van der Waals surface area (Å²) in [6.45, 7) is 6.35. The second-order valence-corrected chi connectivity index (χ2v) is 4.66. The number of aryl methyl sites for hydroxylation is 2. The lowest BCUT2D eigenvalue weighted by atomic mass is 10.1. The maximum atomic E-state index is 5.56. The van der Waals surface area contributed by atoms with Gasteiger partial charge in [0.2, 0.25) is 0 Å². The molecule has 2 heterocycles. The topological polar surface area (TPSA) is 81.6 Å². The number of hydrogen-bond donors (Lipinski definition) is 2. The van der Waals surface area contributed by atoms with Crippen molar-refractivity contribution in [2.24, 2.45) is 5.84 Å². The highest BCUT2D eigenvalue weighted by atomic mass is 15.3. The predicted molar refractivity (Wildman–Crippen MR) is 79.7 cm³/mol. The Morgan fingerprint density at radius 3 is 2.60 bits per heavy atom. The van der Waals surface area contributed by atoms with Crippen molar-refractivity contribution in [2.45, 2.75) is 46.5 Å². The van der Waals surface area contributed by atoms with Crippen molar-refractivity contribution in [3.8, 4) is 5.82 Å². The van der Waals surface area contributed by atoms with Gasteiger partial charge in [-0.05, 0) is 25.3 Å². The van der Waals surface area contributed by atoms with Crippen molar-refractivity contribution in [3.63, 3.8) is 0 Å². The molecule has 0 bridgehead atoms. The molecular weight excluding hydrogens is 252 g/mol. The molecule has 0 atom stereocenters. The summed E-state index contributed by atoms with van der Waals surface area (Å²) in [5.74, 6) is 7.06. The zero-order chi connectivity index (χ0) is 14.5. The lowest BCUT2D eigenvalue weighted by molar-refractivity contribution is 0.748. The molecule has 0 aliphatic carbocycles. The van der Waals surface area contributed by atoms with E-state index in [1.165, 1.54) is 6.33 Å². The number of nitrogens with two attached hydrogens (primary N) is 1. The largest absolute Gasteiger partial charge is 0.308 e. The predicted octanol–water partition coefficient (Wildman–Crippen LogP) is 2.03. The van der Waals surface area contributed by atoms with Gasteiger partial charge in [0.15, 0.2) is 5.82 Å². The normalized spacial score (nSPS) is 10.8. The van der Waals surface area contributed by atoms with Crippen molar-refractivity contribution >= 4 is 5.82 Å². The van der Waals surface area contributed by atoms with Gasteiger partial charge >= 0.3 is 0 Å². The van der Waals surface area contributed by atoms with Crippen LogP contribution in [0.15, 0.2) is 12.4 Å². The van der Waals surface area contributed by atoms with E-state index in [0.29, 0.717) is 5.82 Å². The first-order chi connectivity index (χ1) is 9.74. The molecule has 6 heteroatoms. The zero-order valence-corrected chi connectivity index (χ0v) is 12.3. The molecular formula is C14H22N6. The summed E-state index contributed by atoms with van der Waals surface area (Å²) in [5.41, 5.74) is 5.90. The molecule has 0 saturated heterocycles. The number of nitrogens with one attached hydrogen (secondary N) is 1. The molecule has 0 fully saturated rings. The van der Waals surface area contributed by atoms with Gasteiger partial charge in [-0.3, -0.25) is 0 Å². The Morgan fingerprint density at radius 2 is 2.00 bits per heavy atom. The van der Waals surface area contributed by atoms with E-state index in [0.717, 1.165) is 48.5 Å². The standard InChI is InChI=1S/C14H22N6/c1-4-7-12-13(18-15)16-9-17-14(12)20-11(6-3)8-10(5-2)19-20/h8-9H,4-7,15H2,1-3H3,(H,16,17,18). The molecule has 108 valence electrons. The maximum Gasteiger partial charge on any atom is 0.162 e. The van der Waals surface area contributed by atoms with E-state index in [1.54, 1.807) is 0 Å². The Kier molecular flexibility index (Phi) is 4.68. The van der Waals surface area contributed by atoms with Crippen LogP contribution in [-0.2, 0) is 19.3 Å². The van der Waals surface area contributed by atoms with Crippen molar-refractivity contribution in [1.29, 1.82) is 0 Å². The van der Waals surface area contributed by atoms with Crippen LogP contribution in [0.2, 0.25) is 0 Å². The highest BCUT2D eigenvalue weighted by Gasteiger charge is 2.15. The first-order valence-corrected chi connectivity index (χ1v) is 7.13. The van der Waals surface area contributed by atoms with Gasteiger partial charge in [-0.1, -0.05) is 27.2 Å². The molecule has 0 radical (unpaired) electrons. The summed E-state index contributed by atoms with van der Waals surface area (Å²) in [6, 6.07) is 2.13. The number of hydrazine groups is 1. The second-order valence-electron chi connectivity index (χ2n) is 4.66. The molecule has 2 rings (SSSR count). The maximum absolute atomic E-state index is 5.56. The summed E-state index contributed by atoms with van der Waals surface area (Å²) in [4.78, 5) is 8.62. The van der Waals surface area contributed by atoms with Gasteiger partial charge in [-0.15, -0.1) is 0 Å². The van der Waals surface area contributed by atoms with Crippen LogP contribution in [0.3, 0.4) is 0 Å². The monoisotopic (exact) mass is 274 g/mol. The van der Waals surface area contributed by atoms with Gasteiger partial charge in [0.25, 0.3) is 0 Å². The number of anilines is 1. The summed E-state index contributed by atoms with van der Waals surface area (Å²) in [7, 11) is 0. The van der Waals surface area contributed by atoms with E-state index in [-0.39, 0.29) is 0 Å². The number of nitrogen functional groups attached to an aromatic ring is 1. The van der Waals surface area contributed by atoms with Crippen molar-refractivity contribution in [2.75, 3.05) is 5.43 Å². The summed E-state index contributed by atoms with van der Waals surface area (Å²) >= 11 is 0. The van der Waals surface area contributed by atoms with E-state index < -0.39 is 0 Å². The van der Waals surface area contributed by atoms with Crippen LogP contribution in [0.1, 0.15) is 44.1 Å². The summed E-state index contributed by atoms with van der Waals surface area (Å²) in [5, 5.41) is 4.65. The van der Waals surface area contributed by atoms with Crippen molar-refractivity contribution < 1.29 is 0 Å². The second kappa shape index (κ2) is 6.47. The minimum absolute atomic E-state index is 0.674. The van der Waals surface area contributed by atoms with Gasteiger partial charge in [0.1, 0.15) is 12.1 Å². The first kappa shape index (κ1) is 14.5. The van der Waals surface area contributed by atoms with Gasteiger partial charge in [0.05, 0.1) is 5.69 Å². The van der Waals surface area contributed by atoms with E-state index >= 15 is 0 Å². The molecule has 20 heavy (non-hydrogen) atoms. The van der Waals surface area contributed by atoms with Crippen LogP contribution in [0.5, 0.6) is 0 Å². The molecule has 0 unspecified atom stereocenters. The Labute approximate surface area is 119 Å². The molecule has 0 saturated carbocycles. The Bertz CT molecular complexity index is 575. The minimum atomic E-state index is 0.674. The summed E-state index contributed by atoms with van der Waals surface area (Å²) in [6.07, 6.45) is 5.21. The average molecular weight is 274 g/mol. The minimum Gasteiger partial charge on any atom is -0.308 e. The third-order valence-corrected chi connectivity index (χ3v) is 3.32. The third-order valence-electron chi connectivity index (χ3n) is 3.32. The number of aromatic nitrogens is 4. The third kappa shape index (κ3) is 2.65. The molecule has 0 aliphatic heterocycles. The number of nitrogens with zero attached hydrogens (tertiary/aromatic N) is 4. The molecule has 0 aromatic carbocycles. The lowest BCUT2D eigenvalue weighted by Gasteiger charge is -2.13. The Morgan fingerprint density at radius 1 is 1.20 bits per heavy atom. The molecule has 3 N–H and O–H groups in total. The number of rotatable bonds is 6. The highest BCUT2D eigenvalue weighted by Crippen LogP contribution is 2.22. The molecule has 0 aliphatic rings. The zero-order valence-electron chi connectivity index (χ0n) is 12.3. The molecule has 0 amide bonds. The number of hydrogen-bond acceptors (Lipinski definition) is 5. The van der Waals surface area contributed by atoms with Crippen molar-refractivity contribution in [1.82, 2.24) is 19.7 Å². The lowest BCUT2D eigenvalue weighted by Crippen LogP contribution is -2.15. The van der Waals surface area contributed by atoms with Gasteiger partial charge in [-0.2, -0.15) is 5.10 Å². The fourth-order valence-electron chi connectivity index (χ4n) is 2.27. The van der Waals surface area contributed by atoms with E-state index in [4.69, 9.17) is 5.84 Å². The molecule has 0 spiro atoms. The summed E-state index contributed by atoms with van der Waals surface area (Å²) < 4.78 is 1.92. The smallest absolute Gasteiger partial charge is 0.162 e. The molecule has 2 aromatic heterocycles. The van der Waals surface area contributed by atoms with Crippen LogP contribution in [0.25, 0.3) is 5.82 Å².